The highest BCUT2D eigenvalue weighted by molar-refractivity contribution is 7.99. The minimum absolute atomic E-state index is 0.282. The summed E-state index contributed by atoms with van der Waals surface area (Å²) in [6.45, 7) is 0.808. The number of rotatable bonds is 8. The zero-order valence-corrected chi connectivity index (χ0v) is 13.9. The second kappa shape index (κ2) is 8.26. The molecule has 120 valence electrons. The van der Waals surface area contributed by atoms with Crippen LogP contribution in [0.4, 0.5) is 0 Å². The summed E-state index contributed by atoms with van der Waals surface area (Å²) in [6, 6.07) is 13.6. The number of thiophene rings is 1. The molecule has 0 amide bonds. The van der Waals surface area contributed by atoms with E-state index in [1.807, 2.05) is 47.8 Å². The lowest BCUT2D eigenvalue weighted by Crippen LogP contribution is -2.17. The van der Waals surface area contributed by atoms with Crippen LogP contribution < -0.4 is 0 Å². The van der Waals surface area contributed by atoms with Crippen molar-refractivity contribution in [2.75, 3.05) is 12.4 Å². The third-order valence-corrected chi connectivity index (χ3v) is 4.77. The van der Waals surface area contributed by atoms with Crippen molar-refractivity contribution >= 4 is 23.1 Å². The summed E-state index contributed by atoms with van der Waals surface area (Å²) in [4.78, 5) is 1.15. The van der Waals surface area contributed by atoms with Crippen molar-refractivity contribution in [1.29, 1.82) is 0 Å². The van der Waals surface area contributed by atoms with E-state index in [-0.39, 0.29) is 6.61 Å². The summed E-state index contributed by atoms with van der Waals surface area (Å²) >= 11 is 2.96. The van der Waals surface area contributed by atoms with Gasteiger partial charge in [-0.1, -0.05) is 36.0 Å². The van der Waals surface area contributed by atoms with Gasteiger partial charge in [0.2, 0.25) is 5.89 Å². The first-order chi connectivity index (χ1) is 11.3. The highest BCUT2D eigenvalue weighted by atomic mass is 32.2. The van der Waals surface area contributed by atoms with E-state index in [0.717, 1.165) is 10.4 Å². The van der Waals surface area contributed by atoms with Crippen LogP contribution in [0, 0.1) is 0 Å². The van der Waals surface area contributed by atoms with E-state index in [4.69, 9.17) is 9.15 Å². The van der Waals surface area contributed by atoms with Crippen LogP contribution in [-0.2, 0) is 11.3 Å². The summed E-state index contributed by atoms with van der Waals surface area (Å²) in [5.74, 6) is 0.928. The van der Waals surface area contributed by atoms with Gasteiger partial charge in [-0.25, -0.2) is 0 Å². The van der Waals surface area contributed by atoms with Crippen molar-refractivity contribution in [1.82, 2.24) is 10.2 Å². The molecule has 0 aliphatic carbocycles. The molecule has 0 aliphatic rings. The van der Waals surface area contributed by atoms with E-state index in [2.05, 4.69) is 10.2 Å². The molecular formula is C16H16N2O3S2. The number of aliphatic hydroxyl groups excluding tert-OH is 1. The number of thioether (sulfide) groups is 1. The standard InChI is InChI=1S/C16H16N2O3S2/c19-13(9-20-10-14-7-4-8-22-14)11-23-16-18-17-15(21-16)12-5-2-1-3-6-12/h1-8,13,19H,9-11H2/t13-/m0/s1. The molecule has 0 bridgehead atoms. The number of benzene rings is 1. The van der Waals surface area contributed by atoms with Crippen molar-refractivity contribution in [3.8, 4) is 11.5 Å². The number of nitrogens with zero attached hydrogens (tertiary/aromatic N) is 2. The molecule has 1 aromatic carbocycles. The van der Waals surface area contributed by atoms with E-state index >= 15 is 0 Å². The summed E-state index contributed by atoms with van der Waals surface area (Å²) in [7, 11) is 0. The van der Waals surface area contributed by atoms with Gasteiger partial charge in [-0.15, -0.1) is 21.5 Å². The first-order valence-corrected chi connectivity index (χ1v) is 8.97. The smallest absolute Gasteiger partial charge is 0.276 e. The number of ether oxygens (including phenoxy) is 1. The average Bonchev–Trinajstić information content (AvgIpc) is 3.25. The molecule has 3 aromatic rings. The minimum atomic E-state index is -0.577. The molecule has 0 saturated carbocycles. The Morgan fingerprint density at radius 2 is 2.04 bits per heavy atom. The highest BCUT2D eigenvalue weighted by Gasteiger charge is 2.12. The number of aliphatic hydroxyl groups is 1. The Kier molecular flexibility index (Phi) is 5.82. The van der Waals surface area contributed by atoms with E-state index in [0.29, 0.717) is 23.5 Å². The van der Waals surface area contributed by atoms with Gasteiger partial charge in [0.25, 0.3) is 5.22 Å². The van der Waals surface area contributed by atoms with Gasteiger partial charge in [0.15, 0.2) is 0 Å². The van der Waals surface area contributed by atoms with E-state index < -0.39 is 6.10 Å². The Labute approximate surface area is 142 Å². The molecule has 0 radical (unpaired) electrons. The van der Waals surface area contributed by atoms with Crippen LogP contribution in [0.25, 0.3) is 11.5 Å². The van der Waals surface area contributed by atoms with Gasteiger partial charge in [0.05, 0.1) is 19.3 Å². The van der Waals surface area contributed by atoms with Crippen molar-refractivity contribution in [2.45, 2.75) is 17.9 Å². The van der Waals surface area contributed by atoms with Crippen LogP contribution in [0.2, 0.25) is 0 Å². The van der Waals surface area contributed by atoms with Crippen molar-refractivity contribution < 1.29 is 14.3 Å². The largest absolute Gasteiger partial charge is 0.411 e. The molecule has 1 N–H and O–H groups in total. The Morgan fingerprint density at radius 1 is 1.17 bits per heavy atom. The Balaban J connectivity index is 1.42. The van der Waals surface area contributed by atoms with Gasteiger partial charge in [0.1, 0.15) is 0 Å². The summed E-state index contributed by atoms with van der Waals surface area (Å²) in [6.07, 6.45) is -0.577. The molecular weight excluding hydrogens is 332 g/mol. The molecule has 0 fully saturated rings. The fraction of sp³-hybridized carbons (Fsp3) is 0.250. The summed E-state index contributed by atoms with van der Waals surface area (Å²) in [5, 5.41) is 20.4. The summed E-state index contributed by atoms with van der Waals surface area (Å²) < 4.78 is 11.1. The Hall–Kier alpha value is -1.67. The first kappa shape index (κ1) is 16.2. The Morgan fingerprint density at radius 3 is 2.83 bits per heavy atom. The van der Waals surface area contributed by atoms with Gasteiger partial charge >= 0.3 is 0 Å². The number of aromatic nitrogens is 2. The zero-order chi connectivity index (χ0) is 15.9. The predicted octanol–water partition coefficient (Wildman–Crippen LogP) is 3.47. The van der Waals surface area contributed by atoms with Crippen LogP contribution >= 0.6 is 23.1 Å². The van der Waals surface area contributed by atoms with Crippen molar-refractivity contribution in [2.24, 2.45) is 0 Å². The van der Waals surface area contributed by atoms with Gasteiger partial charge in [0, 0.05) is 16.2 Å². The lowest BCUT2D eigenvalue weighted by atomic mass is 10.2. The number of hydrogen-bond donors (Lipinski definition) is 1. The molecule has 0 unspecified atom stereocenters. The number of hydrogen-bond acceptors (Lipinski definition) is 7. The zero-order valence-electron chi connectivity index (χ0n) is 12.3. The van der Waals surface area contributed by atoms with Crippen molar-refractivity contribution in [3.63, 3.8) is 0 Å². The van der Waals surface area contributed by atoms with Gasteiger partial charge < -0.3 is 14.3 Å². The van der Waals surface area contributed by atoms with Crippen LogP contribution in [-0.4, -0.2) is 33.8 Å². The fourth-order valence-corrected chi connectivity index (χ4v) is 3.18. The van der Waals surface area contributed by atoms with Gasteiger partial charge in [-0.2, -0.15) is 0 Å². The maximum Gasteiger partial charge on any atom is 0.276 e. The van der Waals surface area contributed by atoms with Crippen molar-refractivity contribution in [3.05, 3.63) is 52.7 Å². The monoisotopic (exact) mass is 348 g/mol. The topological polar surface area (TPSA) is 68.4 Å². The predicted molar refractivity (Wildman–Crippen MR) is 90.4 cm³/mol. The van der Waals surface area contributed by atoms with Crippen LogP contribution in [0.3, 0.4) is 0 Å². The van der Waals surface area contributed by atoms with E-state index in [1.54, 1.807) is 11.3 Å². The van der Waals surface area contributed by atoms with Crippen LogP contribution in [0.1, 0.15) is 4.88 Å². The molecule has 1 atom stereocenters. The minimum Gasteiger partial charge on any atom is -0.411 e. The fourth-order valence-electron chi connectivity index (χ4n) is 1.87. The second-order valence-corrected chi connectivity index (χ2v) is 6.80. The molecule has 7 heteroatoms. The van der Waals surface area contributed by atoms with Crippen LogP contribution in [0.15, 0.2) is 57.5 Å². The SMILES string of the molecule is O[C@@H](COCc1cccs1)CSc1nnc(-c2ccccc2)o1. The van der Waals surface area contributed by atoms with E-state index in [1.165, 1.54) is 11.8 Å². The third-order valence-electron chi connectivity index (χ3n) is 2.96. The molecule has 5 nitrogen and oxygen atoms in total. The highest BCUT2D eigenvalue weighted by Crippen LogP contribution is 2.23. The van der Waals surface area contributed by atoms with Gasteiger partial charge in [-0.3, -0.25) is 0 Å². The maximum absolute atomic E-state index is 9.93. The molecule has 23 heavy (non-hydrogen) atoms. The van der Waals surface area contributed by atoms with Gasteiger partial charge in [-0.05, 0) is 23.6 Å². The average molecular weight is 348 g/mol. The normalized spacial score (nSPS) is 12.4. The maximum atomic E-state index is 9.93. The molecule has 3 rings (SSSR count). The second-order valence-electron chi connectivity index (χ2n) is 4.80. The lowest BCUT2D eigenvalue weighted by Gasteiger charge is -2.08. The van der Waals surface area contributed by atoms with Crippen LogP contribution in [0.5, 0.6) is 0 Å². The first-order valence-electron chi connectivity index (χ1n) is 7.11. The summed E-state index contributed by atoms with van der Waals surface area (Å²) in [5.41, 5.74) is 0.881. The molecule has 0 aliphatic heterocycles. The molecule has 0 saturated heterocycles. The molecule has 0 spiro atoms. The third kappa shape index (κ3) is 4.90. The molecule has 2 aromatic heterocycles. The lowest BCUT2D eigenvalue weighted by molar-refractivity contribution is 0.0408. The molecule has 2 heterocycles. The Bertz CT molecular complexity index is 701. The van der Waals surface area contributed by atoms with E-state index in [9.17, 15) is 5.11 Å². The quantitative estimate of drug-likeness (QED) is 0.629.